The minimum Gasteiger partial charge on any atom is -0.296 e. The maximum absolute atomic E-state index is 13.1. The van der Waals surface area contributed by atoms with Crippen molar-refractivity contribution in [3.8, 4) is 5.69 Å². The molecule has 0 aliphatic carbocycles. The summed E-state index contributed by atoms with van der Waals surface area (Å²) >= 11 is 6.21. The lowest BCUT2D eigenvalue weighted by molar-refractivity contribution is 0.103. The third-order valence-corrected chi connectivity index (χ3v) is 5.03. The number of halogens is 1. The zero-order valence-electron chi connectivity index (χ0n) is 15.1. The first-order valence-electron chi connectivity index (χ1n) is 9.02. The van der Waals surface area contributed by atoms with Gasteiger partial charge in [-0.05, 0) is 63.2 Å². The molecule has 1 aromatic carbocycles. The summed E-state index contributed by atoms with van der Waals surface area (Å²) in [5.74, 6) is 1.39. The molecule has 0 spiro atoms. The summed E-state index contributed by atoms with van der Waals surface area (Å²) in [6, 6.07) is 10.6. The number of hydrogen-bond donors (Lipinski definition) is 0. The molecule has 2 aromatic heterocycles. The lowest BCUT2D eigenvalue weighted by Gasteiger charge is -2.17. The van der Waals surface area contributed by atoms with Crippen molar-refractivity contribution in [2.45, 2.75) is 26.3 Å². The Morgan fingerprint density at radius 3 is 2.70 bits per heavy atom. The Balaban J connectivity index is 1.79. The largest absolute Gasteiger partial charge is 0.296 e. The van der Waals surface area contributed by atoms with E-state index in [-0.39, 0.29) is 5.78 Å². The van der Waals surface area contributed by atoms with Gasteiger partial charge in [0.1, 0.15) is 11.5 Å². The summed E-state index contributed by atoms with van der Waals surface area (Å²) in [4.78, 5) is 19.6. The number of hydrogen-bond acceptors (Lipinski definition) is 5. The SMILES string of the molecule is Cc1nnc(CN2CCCC2)n1-c1ccc(Cl)cc1C(=O)c1ccccn1. The van der Waals surface area contributed by atoms with Crippen molar-refractivity contribution in [2.75, 3.05) is 13.1 Å². The Bertz CT molecular complexity index is 964. The predicted molar refractivity (Wildman–Crippen MR) is 103 cm³/mol. The second-order valence-electron chi connectivity index (χ2n) is 6.69. The molecule has 0 N–H and O–H groups in total. The van der Waals surface area contributed by atoms with E-state index in [4.69, 9.17) is 11.6 Å². The topological polar surface area (TPSA) is 63.9 Å². The van der Waals surface area contributed by atoms with Gasteiger partial charge < -0.3 is 0 Å². The smallest absolute Gasteiger partial charge is 0.213 e. The highest BCUT2D eigenvalue weighted by atomic mass is 35.5. The van der Waals surface area contributed by atoms with Crippen LogP contribution in [-0.2, 0) is 6.54 Å². The molecule has 0 amide bonds. The average Bonchev–Trinajstić information content (AvgIpc) is 3.32. The molecule has 0 bridgehead atoms. The normalized spacial score (nSPS) is 14.6. The van der Waals surface area contributed by atoms with E-state index >= 15 is 0 Å². The molecule has 27 heavy (non-hydrogen) atoms. The Labute approximate surface area is 162 Å². The van der Waals surface area contributed by atoms with Gasteiger partial charge >= 0.3 is 0 Å². The molecule has 1 fully saturated rings. The number of rotatable bonds is 5. The molecule has 1 saturated heterocycles. The number of carbonyl (C=O) groups is 1. The third kappa shape index (κ3) is 3.63. The highest BCUT2D eigenvalue weighted by molar-refractivity contribution is 6.31. The van der Waals surface area contributed by atoms with Crippen LogP contribution in [0.2, 0.25) is 5.02 Å². The fraction of sp³-hybridized carbons (Fsp3) is 0.300. The van der Waals surface area contributed by atoms with E-state index in [0.29, 0.717) is 22.8 Å². The number of nitrogens with zero attached hydrogens (tertiary/aromatic N) is 5. The number of aryl methyl sites for hydroxylation is 1. The van der Waals surface area contributed by atoms with Crippen molar-refractivity contribution in [1.82, 2.24) is 24.6 Å². The molecule has 0 atom stereocenters. The summed E-state index contributed by atoms with van der Waals surface area (Å²) in [6.07, 6.45) is 4.02. The van der Waals surface area contributed by atoms with Gasteiger partial charge in [0.05, 0.1) is 12.2 Å². The second-order valence-corrected chi connectivity index (χ2v) is 7.12. The van der Waals surface area contributed by atoms with Crippen molar-refractivity contribution >= 4 is 17.4 Å². The minimum atomic E-state index is -0.173. The Morgan fingerprint density at radius 2 is 1.96 bits per heavy atom. The summed E-state index contributed by atoms with van der Waals surface area (Å²) < 4.78 is 1.95. The summed E-state index contributed by atoms with van der Waals surface area (Å²) in [5.41, 5.74) is 1.60. The van der Waals surface area contributed by atoms with Crippen molar-refractivity contribution in [1.29, 1.82) is 0 Å². The number of likely N-dealkylation sites (tertiary alicyclic amines) is 1. The van der Waals surface area contributed by atoms with E-state index in [1.54, 1.807) is 36.5 Å². The van der Waals surface area contributed by atoms with Crippen LogP contribution in [0.25, 0.3) is 5.69 Å². The van der Waals surface area contributed by atoms with E-state index < -0.39 is 0 Å². The predicted octanol–water partition coefficient (Wildman–Crippen LogP) is 3.45. The van der Waals surface area contributed by atoms with E-state index in [9.17, 15) is 4.79 Å². The van der Waals surface area contributed by atoms with Crippen LogP contribution >= 0.6 is 11.6 Å². The summed E-state index contributed by atoms with van der Waals surface area (Å²) in [7, 11) is 0. The van der Waals surface area contributed by atoms with Gasteiger partial charge in [-0.15, -0.1) is 10.2 Å². The molecule has 7 heteroatoms. The fourth-order valence-electron chi connectivity index (χ4n) is 3.48. The summed E-state index contributed by atoms with van der Waals surface area (Å²) in [5, 5.41) is 9.12. The van der Waals surface area contributed by atoms with Crippen LogP contribution in [0.4, 0.5) is 0 Å². The minimum absolute atomic E-state index is 0.173. The van der Waals surface area contributed by atoms with Crippen LogP contribution < -0.4 is 0 Å². The Morgan fingerprint density at radius 1 is 1.15 bits per heavy atom. The van der Waals surface area contributed by atoms with Gasteiger partial charge in [-0.2, -0.15) is 0 Å². The molecule has 0 radical (unpaired) electrons. The van der Waals surface area contributed by atoms with Crippen LogP contribution in [0.1, 0.15) is 40.5 Å². The van der Waals surface area contributed by atoms with Crippen LogP contribution in [0.5, 0.6) is 0 Å². The standard InChI is InChI=1S/C20H20ClN5O/c1-14-23-24-19(13-25-10-4-5-11-25)26(14)18-8-7-15(21)12-16(18)20(27)17-6-2-3-9-22-17/h2-3,6-9,12H,4-5,10-11,13H2,1H3. The Hall–Kier alpha value is -2.57. The second kappa shape index (κ2) is 7.58. The Kier molecular flexibility index (Phi) is 5.01. The molecule has 1 aliphatic heterocycles. The molecule has 138 valence electrons. The third-order valence-electron chi connectivity index (χ3n) is 4.80. The fourth-order valence-corrected chi connectivity index (χ4v) is 3.65. The zero-order valence-corrected chi connectivity index (χ0v) is 15.9. The van der Waals surface area contributed by atoms with Crippen LogP contribution in [0.3, 0.4) is 0 Å². The van der Waals surface area contributed by atoms with Crippen LogP contribution in [-0.4, -0.2) is 43.5 Å². The molecular weight excluding hydrogens is 362 g/mol. The number of carbonyl (C=O) groups excluding carboxylic acids is 1. The molecule has 0 saturated carbocycles. The van der Waals surface area contributed by atoms with Crippen molar-refractivity contribution in [3.05, 3.63) is 70.5 Å². The van der Waals surface area contributed by atoms with Gasteiger partial charge in [-0.1, -0.05) is 17.7 Å². The van der Waals surface area contributed by atoms with Crippen LogP contribution in [0.15, 0.2) is 42.6 Å². The van der Waals surface area contributed by atoms with Gasteiger partial charge in [-0.3, -0.25) is 19.2 Å². The first-order valence-corrected chi connectivity index (χ1v) is 9.40. The molecular formula is C20H20ClN5O. The molecule has 6 nitrogen and oxygen atoms in total. The van der Waals surface area contributed by atoms with Crippen LogP contribution in [0, 0.1) is 6.92 Å². The molecule has 1 aliphatic rings. The number of aromatic nitrogens is 4. The average molecular weight is 382 g/mol. The van der Waals surface area contributed by atoms with Crippen molar-refractivity contribution in [3.63, 3.8) is 0 Å². The van der Waals surface area contributed by atoms with Crippen molar-refractivity contribution in [2.24, 2.45) is 0 Å². The molecule has 0 unspecified atom stereocenters. The molecule has 3 aromatic rings. The number of pyridine rings is 1. The van der Waals surface area contributed by atoms with Gasteiger partial charge in [0, 0.05) is 16.8 Å². The first-order chi connectivity index (χ1) is 13.1. The van der Waals surface area contributed by atoms with Gasteiger partial charge in [0.2, 0.25) is 5.78 Å². The maximum Gasteiger partial charge on any atom is 0.213 e. The molecule has 4 rings (SSSR count). The van der Waals surface area contributed by atoms with E-state index in [1.165, 1.54) is 12.8 Å². The maximum atomic E-state index is 13.1. The highest BCUT2D eigenvalue weighted by Gasteiger charge is 2.22. The number of ketones is 1. The van der Waals surface area contributed by atoms with E-state index in [1.807, 2.05) is 17.6 Å². The van der Waals surface area contributed by atoms with Gasteiger partial charge in [-0.25, -0.2) is 0 Å². The lowest BCUT2D eigenvalue weighted by atomic mass is 10.0. The quantitative estimate of drug-likeness (QED) is 0.633. The van der Waals surface area contributed by atoms with Gasteiger partial charge in [0.25, 0.3) is 0 Å². The summed E-state index contributed by atoms with van der Waals surface area (Å²) in [6.45, 7) is 4.73. The van der Waals surface area contributed by atoms with E-state index in [2.05, 4.69) is 20.1 Å². The van der Waals surface area contributed by atoms with E-state index in [0.717, 1.165) is 30.4 Å². The van der Waals surface area contributed by atoms with Gasteiger partial charge in [0.15, 0.2) is 5.82 Å². The monoisotopic (exact) mass is 381 g/mol. The number of benzene rings is 1. The molecule has 3 heterocycles. The first kappa shape index (κ1) is 17.8. The zero-order chi connectivity index (χ0) is 18.8. The lowest BCUT2D eigenvalue weighted by Crippen LogP contribution is -2.22. The van der Waals surface area contributed by atoms with Crippen molar-refractivity contribution < 1.29 is 4.79 Å². The highest BCUT2D eigenvalue weighted by Crippen LogP contribution is 2.25.